The van der Waals surface area contributed by atoms with E-state index in [2.05, 4.69) is 6.07 Å². The molecule has 0 heterocycles. The molecular weight excluding hydrogens is 240 g/mol. The number of fused-ring (bicyclic) bond motifs is 2. The molecule has 0 bridgehead atoms. The number of ether oxygens (including phenoxy) is 1. The number of carboxylic acids is 1. The second kappa shape index (κ2) is 4.55. The van der Waals surface area contributed by atoms with Crippen molar-refractivity contribution in [2.45, 2.75) is 43.9 Å². The molecule has 3 nitrogen and oxygen atoms in total. The van der Waals surface area contributed by atoms with E-state index < -0.39 is 5.97 Å². The maximum absolute atomic E-state index is 11.1. The van der Waals surface area contributed by atoms with Gasteiger partial charge in [0.25, 0.3) is 0 Å². The molecule has 3 heteroatoms. The molecule has 1 spiro atoms. The number of rotatable bonds is 3. The van der Waals surface area contributed by atoms with Crippen LogP contribution in [-0.2, 0) is 16.6 Å². The monoisotopic (exact) mass is 260 g/mol. The second-order valence-corrected chi connectivity index (χ2v) is 5.83. The molecule has 1 N–H and O–H groups in total. The first-order valence-corrected chi connectivity index (χ1v) is 7.05. The molecule has 102 valence electrons. The lowest BCUT2D eigenvalue weighted by atomic mass is 9.52. The van der Waals surface area contributed by atoms with Crippen LogP contribution in [0.5, 0.6) is 5.75 Å². The van der Waals surface area contributed by atoms with Gasteiger partial charge in [-0.2, -0.15) is 0 Å². The molecule has 0 aromatic heterocycles. The molecule has 2 aliphatic rings. The number of carbonyl (C=O) groups is 1. The molecule has 0 aliphatic heterocycles. The van der Waals surface area contributed by atoms with Crippen LogP contribution in [-0.4, -0.2) is 18.2 Å². The Balaban J connectivity index is 2.03. The Labute approximate surface area is 113 Å². The third-order valence-electron chi connectivity index (χ3n) is 5.08. The number of benzene rings is 1. The Bertz CT molecular complexity index is 503. The predicted molar refractivity (Wildman–Crippen MR) is 72.6 cm³/mol. The lowest BCUT2D eigenvalue weighted by Gasteiger charge is -2.51. The second-order valence-electron chi connectivity index (χ2n) is 5.83. The standard InChI is InChI=1S/C16H20O3/c1-19-14-5-2-4-13-12(14)7-6-11(10-15(17)18)16(13)8-3-9-16/h2,4-5,11H,3,6-10H2,1H3,(H,17,18). The van der Waals surface area contributed by atoms with E-state index in [4.69, 9.17) is 9.84 Å². The average molecular weight is 260 g/mol. The number of hydrogen-bond acceptors (Lipinski definition) is 2. The fourth-order valence-corrected chi connectivity index (χ4v) is 4.04. The summed E-state index contributed by atoms with van der Waals surface area (Å²) in [6.07, 6.45) is 5.69. The van der Waals surface area contributed by atoms with E-state index in [0.29, 0.717) is 12.3 Å². The van der Waals surface area contributed by atoms with Gasteiger partial charge in [-0.15, -0.1) is 0 Å². The van der Waals surface area contributed by atoms with E-state index in [1.54, 1.807) is 7.11 Å². The Morgan fingerprint density at radius 2 is 2.26 bits per heavy atom. The SMILES string of the molecule is COc1cccc2c1CCC(CC(=O)O)C21CCC1. The van der Waals surface area contributed by atoms with E-state index in [1.807, 2.05) is 12.1 Å². The van der Waals surface area contributed by atoms with Gasteiger partial charge in [0.1, 0.15) is 5.75 Å². The first-order valence-electron chi connectivity index (χ1n) is 7.05. The molecule has 1 atom stereocenters. The van der Waals surface area contributed by atoms with Gasteiger partial charge < -0.3 is 9.84 Å². The molecule has 0 saturated heterocycles. The van der Waals surface area contributed by atoms with Gasteiger partial charge in [0.2, 0.25) is 0 Å². The third-order valence-corrected chi connectivity index (χ3v) is 5.08. The molecule has 0 radical (unpaired) electrons. The van der Waals surface area contributed by atoms with E-state index >= 15 is 0 Å². The molecule has 1 fully saturated rings. The van der Waals surface area contributed by atoms with Gasteiger partial charge >= 0.3 is 5.97 Å². The van der Waals surface area contributed by atoms with Crippen molar-refractivity contribution in [1.29, 1.82) is 0 Å². The van der Waals surface area contributed by atoms with Gasteiger partial charge in [0.15, 0.2) is 0 Å². The smallest absolute Gasteiger partial charge is 0.303 e. The lowest BCUT2D eigenvalue weighted by Crippen LogP contribution is -2.46. The zero-order valence-electron chi connectivity index (χ0n) is 11.3. The summed E-state index contributed by atoms with van der Waals surface area (Å²) in [6, 6.07) is 6.24. The molecular formula is C16H20O3. The number of methoxy groups -OCH3 is 1. The van der Waals surface area contributed by atoms with Crippen LogP contribution in [0.15, 0.2) is 18.2 Å². The van der Waals surface area contributed by atoms with Crippen molar-refractivity contribution >= 4 is 5.97 Å². The number of carboxylic acid groups (broad SMARTS) is 1. The van der Waals surface area contributed by atoms with Crippen LogP contribution in [0, 0.1) is 5.92 Å². The van der Waals surface area contributed by atoms with Gasteiger partial charge in [-0.3, -0.25) is 4.79 Å². The molecule has 3 rings (SSSR count). The summed E-state index contributed by atoms with van der Waals surface area (Å²) in [5, 5.41) is 9.14. The van der Waals surface area contributed by atoms with E-state index in [9.17, 15) is 4.79 Å². The normalized spacial score (nSPS) is 23.5. The Morgan fingerprint density at radius 3 is 2.84 bits per heavy atom. The summed E-state index contributed by atoms with van der Waals surface area (Å²) in [5.41, 5.74) is 2.78. The molecule has 0 amide bonds. The highest BCUT2D eigenvalue weighted by molar-refractivity contribution is 5.67. The summed E-state index contributed by atoms with van der Waals surface area (Å²) in [4.78, 5) is 11.1. The summed E-state index contributed by atoms with van der Waals surface area (Å²) < 4.78 is 5.47. The maximum Gasteiger partial charge on any atom is 0.303 e. The minimum atomic E-state index is -0.664. The van der Waals surface area contributed by atoms with Crippen LogP contribution in [0.2, 0.25) is 0 Å². The van der Waals surface area contributed by atoms with Crippen molar-refractivity contribution in [2.75, 3.05) is 7.11 Å². The fraction of sp³-hybridized carbons (Fsp3) is 0.562. The Hall–Kier alpha value is -1.51. The number of hydrogen-bond donors (Lipinski definition) is 1. The molecule has 1 saturated carbocycles. The van der Waals surface area contributed by atoms with Crippen molar-refractivity contribution in [2.24, 2.45) is 5.92 Å². The minimum Gasteiger partial charge on any atom is -0.496 e. The molecule has 1 unspecified atom stereocenters. The average Bonchev–Trinajstić information content (AvgIpc) is 2.35. The van der Waals surface area contributed by atoms with Gasteiger partial charge in [-0.1, -0.05) is 18.6 Å². The summed E-state index contributed by atoms with van der Waals surface area (Å²) in [7, 11) is 1.71. The van der Waals surface area contributed by atoms with Gasteiger partial charge in [-0.05, 0) is 54.2 Å². The molecule has 19 heavy (non-hydrogen) atoms. The highest BCUT2D eigenvalue weighted by Crippen LogP contribution is 2.56. The van der Waals surface area contributed by atoms with Crippen LogP contribution in [0.4, 0.5) is 0 Å². The van der Waals surface area contributed by atoms with Crippen molar-refractivity contribution in [1.82, 2.24) is 0 Å². The van der Waals surface area contributed by atoms with Crippen LogP contribution in [0.1, 0.15) is 43.2 Å². The maximum atomic E-state index is 11.1. The van der Waals surface area contributed by atoms with Crippen LogP contribution in [0.3, 0.4) is 0 Å². The van der Waals surface area contributed by atoms with Crippen molar-refractivity contribution in [3.8, 4) is 5.75 Å². The Morgan fingerprint density at radius 1 is 1.47 bits per heavy atom. The summed E-state index contributed by atoms with van der Waals surface area (Å²) in [6.45, 7) is 0. The summed E-state index contributed by atoms with van der Waals surface area (Å²) >= 11 is 0. The minimum absolute atomic E-state index is 0.112. The highest BCUT2D eigenvalue weighted by Gasteiger charge is 2.49. The first kappa shape index (κ1) is 12.5. The van der Waals surface area contributed by atoms with Crippen LogP contribution >= 0.6 is 0 Å². The molecule has 2 aliphatic carbocycles. The van der Waals surface area contributed by atoms with Gasteiger partial charge in [-0.25, -0.2) is 0 Å². The van der Waals surface area contributed by atoms with E-state index in [-0.39, 0.29) is 5.41 Å². The Kier molecular flexibility index (Phi) is 3.00. The molecule has 1 aromatic carbocycles. The van der Waals surface area contributed by atoms with Crippen LogP contribution in [0.25, 0.3) is 0 Å². The van der Waals surface area contributed by atoms with Gasteiger partial charge in [0.05, 0.1) is 7.11 Å². The lowest BCUT2D eigenvalue weighted by molar-refractivity contribution is -0.139. The van der Waals surface area contributed by atoms with Gasteiger partial charge in [0, 0.05) is 6.42 Å². The number of aliphatic carboxylic acids is 1. The topological polar surface area (TPSA) is 46.5 Å². The van der Waals surface area contributed by atoms with Crippen molar-refractivity contribution < 1.29 is 14.6 Å². The van der Waals surface area contributed by atoms with E-state index in [0.717, 1.165) is 31.4 Å². The first-order chi connectivity index (χ1) is 9.17. The van der Waals surface area contributed by atoms with Crippen molar-refractivity contribution in [3.63, 3.8) is 0 Å². The molecule has 1 aromatic rings. The summed E-state index contributed by atoms with van der Waals surface area (Å²) in [5.74, 6) is 0.596. The quantitative estimate of drug-likeness (QED) is 0.908. The van der Waals surface area contributed by atoms with Crippen LogP contribution < -0.4 is 4.74 Å². The zero-order valence-corrected chi connectivity index (χ0v) is 11.3. The zero-order chi connectivity index (χ0) is 13.5. The van der Waals surface area contributed by atoms with Crippen molar-refractivity contribution in [3.05, 3.63) is 29.3 Å². The predicted octanol–water partition coefficient (Wildman–Crippen LogP) is 3.15. The third kappa shape index (κ3) is 1.83. The van der Waals surface area contributed by atoms with E-state index in [1.165, 1.54) is 17.5 Å². The fourth-order valence-electron chi connectivity index (χ4n) is 4.04. The largest absolute Gasteiger partial charge is 0.496 e. The highest BCUT2D eigenvalue weighted by atomic mass is 16.5.